The summed E-state index contributed by atoms with van der Waals surface area (Å²) >= 11 is 0. The van der Waals surface area contributed by atoms with E-state index in [9.17, 15) is 9.90 Å². The third-order valence-corrected chi connectivity index (χ3v) is 5.76. The highest BCUT2D eigenvalue weighted by atomic mass is 16.6. The first-order valence-corrected chi connectivity index (χ1v) is 10.9. The zero-order valence-corrected chi connectivity index (χ0v) is 18.0. The van der Waals surface area contributed by atoms with Crippen molar-refractivity contribution in [2.45, 2.75) is 83.1 Å². The number of nitrogens with one attached hydrogen (secondary N) is 1. The largest absolute Gasteiger partial charge is 0.444 e. The quantitative estimate of drug-likeness (QED) is 0.792. The van der Waals surface area contributed by atoms with Crippen molar-refractivity contribution >= 4 is 23.1 Å². The van der Waals surface area contributed by atoms with Gasteiger partial charge in [-0.1, -0.05) is 0 Å². The minimum Gasteiger partial charge on any atom is -0.444 e. The van der Waals surface area contributed by atoms with Crippen molar-refractivity contribution in [1.82, 2.24) is 24.6 Å². The van der Waals surface area contributed by atoms with Gasteiger partial charge in [0.2, 0.25) is 5.95 Å². The van der Waals surface area contributed by atoms with E-state index < -0.39 is 5.60 Å². The zero-order valence-electron chi connectivity index (χ0n) is 18.0. The summed E-state index contributed by atoms with van der Waals surface area (Å²) < 4.78 is 7.47. The summed E-state index contributed by atoms with van der Waals surface area (Å²) in [6.45, 7) is 6.89. The van der Waals surface area contributed by atoms with Crippen LogP contribution in [-0.4, -0.2) is 66.7 Å². The number of piperidine rings is 1. The van der Waals surface area contributed by atoms with Gasteiger partial charge in [0.15, 0.2) is 5.65 Å². The molecule has 3 heterocycles. The minimum absolute atomic E-state index is 0.0522. The summed E-state index contributed by atoms with van der Waals surface area (Å²) in [5.41, 5.74) is 0.269. The maximum atomic E-state index is 12.5. The first-order valence-electron chi connectivity index (χ1n) is 10.9. The lowest BCUT2D eigenvalue weighted by molar-refractivity contribution is 0.0169. The number of ether oxygens (including phenoxy) is 1. The molecule has 2 fully saturated rings. The molecule has 1 atom stereocenters. The number of carbonyl (C=O) groups is 1. The van der Waals surface area contributed by atoms with Crippen LogP contribution < -0.4 is 5.32 Å². The number of nitrogens with zero attached hydrogens (tertiary/aromatic N) is 5. The molecule has 2 aliphatic rings. The summed E-state index contributed by atoms with van der Waals surface area (Å²) in [7, 11) is 0. The lowest BCUT2D eigenvalue weighted by Gasteiger charge is -2.34. The number of aromatic nitrogens is 4. The fourth-order valence-electron chi connectivity index (χ4n) is 4.22. The summed E-state index contributed by atoms with van der Waals surface area (Å²) in [6.07, 6.45) is 8.37. The molecule has 30 heavy (non-hydrogen) atoms. The molecule has 1 amide bonds. The number of rotatable bonds is 3. The van der Waals surface area contributed by atoms with E-state index in [1.807, 2.05) is 25.5 Å². The molecule has 2 aromatic rings. The maximum absolute atomic E-state index is 12.5. The number of aliphatic hydroxyl groups is 1. The molecule has 0 spiro atoms. The van der Waals surface area contributed by atoms with Gasteiger partial charge in [0.1, 0.15) is 5.60 Å². The van der Waals surface area contributed by atoms with E-state index in [1.54, 1.807) is 17.3 Å². The highest BCUT2D eigenvalue weighted by molar-refractivity contribution is 5.74. The monoisotopic (exact) mass is 416 g/mol. The second-order valence-electron chi connectivity index (χ2n) is 9.43. The van der Waals surface area contributed by atoms with Gasteiger partial charge in [-0.3, -0.25) is 0 Å². The zero-order chi connectivity index (χ0) is 21.3. The standard InChI is InChI=1S/C21H32N6O3/c1-21(2,3)30-20(29)26-10-4-5-16(13-26)27-18-14(12-23-27)11-22-19(25-18)24-15-6-8-17(28)9-7-15/h11-12,15-17,28H,4-10,13H2,1-3H3,(H,22,24,25). The summed E-state index contributed by atoms with van der Waals surface area (Å²) in [4.78, 5) is 23.4. The smallest absolute Gasteiger partial charge is 0.410 e. The van der Waals surface area contributed by atoms with Crippen LogP contribution in [0.4, 0.5) is 10.7 Å². The van der Waals surface area contributed by atoms with Gasteiger partial charge in [0.05, 0.1) is 23.7 Å². The van der Waals surface area contributed by atoms with E-state index in [-0.39, 0.29) is 24.3 Å². The number of anilines is 1. The van der Waals surface area contributed by atoms with Crippen molar-refractivity contribution in [2.24, 2.45) is 0 Å². The van der Waals surface area contributed by atoms with Crippen LogP contribution in [0, 0.1) is 0 Å². The number of amides is 1. The molecule has 9 nitrogen and oxygen atoms in total. The van der Waals surface area contributed by atoms with E-state index >= 15 is 0 Å². The van der Waals surface area contributed by atoms with Crippen molar-refractivity contribution in [3.8, 4) is 0 Å². The van der Waals surface area contributed by atoms with E-state index in [2.05, 4.69) is 15.4 Å². The molecule has 2 N–H and O–H groups in total. The third-order valence-electron chi connectivity index (χ3n) is 5.76. The maximum Gasteiger partial charge on any atom is 0.410 e. The molecule has 1 aliphatic heterocycles. The van der Waals surface area contributed by atoms with Crippen LogP contribution in [0.15, 0.2) is 12.4 Å². The lowest BCUT2D eigenvalue weighted by Crippen LogP contribution is -2.43. The van der Waals surface area contributed by atoms with Crippen molar-refractivity contribution in [2.75, 3.05) is 18.4 Å². The highest BCUT2D eigenvalue weighted by Crippen LogP contribution is 2.27. The van der Waals surface area contributed by atoms with Crippen molar-refractivity contribution in [3.05, 3.63) is 12.4 Å². The van der Waals surface area contributed by atoms with Gasteiger partial charge in [-0.05, 0) is 59.3 Å². The number of hydrogen-bond acceptors (Lipinski definition) is 7. The Labute approximate surface area is 176 Å². The van der Waals surface area contributed by atoms with E-state index in [0.717, 1.165) is 49.6 Å². The van der Waals surface area contributed by atoms with Gasteiger partial charge in [0, 0.05) is 25.3 Å². The average molecular weight is 417 g/mol. The van der Waals surface area contributed by atoms with Crippen LogP contribution in [-0.2, 0) is 4.74 Å². The van der Waals surface area contributed by atoms with Crippen LogP contribution >= 0.6 is 0 Å². The van der Waals surface area contributed by atoms with Crippen LogP contribution in [0.1, 0.15) is 65.3 Å². The molecule has 164 valence electrons. The van der Waals surface area contributed by atoms with Crippen molar-refractivity contribution < 1.29 is 14.6 Å². The number of carbonyl (C=O) groups excluding carboxylic acids is 1. The van der Waals surface area contributed by atoms with Crippen LogP contribution in [0.2, 0.25) is 0 Å². The number of fused-ring (bicyclic) bond motifs is 1. The molecular formula is C21H32N6O3. The second-order valence-corrected chi connectivity index (χ2v) is 9.43. The molecule has 0 radical (unpaired) electrons. The summed E-state index contributed by atoms with van der Waals surface area (Å²) in [5, 5.41) is 18.6. The van der Waals surface area contributed by atoms with Gasteiger partial charge in [-0.25, -0.2) is 14.5 Å². The first-order chi connectivity index (χ1) is 14.3. The topological polar surface area (TPSA) is 105 Å². The summed E-state index contributed by atoms with van der Waals surface area (Å²) in [6, 6.07) is 0.330. The summed E-state index contributed by atoms with van der Waals surface area (Å²) in [5.74, 6) is 0.588. The Bertz CT molecular complexity index is 884. The normalized spacial score (nSPS) is 25.3. The van der Waals surface area contributed by atoms with Crippen LogP contribution in [0.5, 0.6) is 0 Å². The molecular weight excluding hydrogens is 384 g/mol. The predicted octanol–water partition coefficient (Wildman–Crippen LogP) is 3.11. The first kappa shape index (κ1) is 20.8. The fourth-order valence-corrected chi connectivity index (χ4v) is 4.22. The van der Waals surface area contributed by atoms with Gasteiger partial charge in [-0.15, -0.1) is 0 Å². The molecule has 0 bridgehead atoms. The molecule has 1 saturated heterocycles. The lowest BCUT2D eigenvalue weighted by atomic mass is 9.93. The van der Waals surface area contributed by atoms with E-state index in [1.165, 1.54) is 0 Å². The van der Waals surface area contributed by atoms with Gasteiger partial charge in [0.25, 0.3) is 0 Å². The molecule has 0 aromatic carbocycles. The van der Waals surface area contributed by atoms with Crippen molar-refractivity contribution in [3.63, 3.8) is 0 Å². The molecule has 2 aromatic heterocycles. The Morgan fingerprint density at radius 3 is 2.70 bits per heavy atom. The molecule has 1 unspecified atom stereocenters. The number of aliphatic hydroxyl groups excluding tert-OH is 1. The molecule has 1 saturated carbocycles. The Morgan fingerprint density at radius 1 is 1.20 bits per heavy atom. The molecule has 9 heteroatoms. The average Bonchev–Trinajstić information content (AvgIpc) is 3.12. The highest BCUT2D eigenvalue weighted by Gasteiger charge is 2.30. The second kappa shape index (κ2) is 8.37. The SMILES string of the molecule is CC(C)(C)OC(=O)N1CCCC(n2ncc3cnc(NC4CCC(O)CC4)nc32)C1. The van der Waals surface area contributed by atoms with Gasteiger partial charge in [-0.2, -0.15) is 10.1 Å². The number of likely N-dealkylation sites (tertiary alicyclic amines) is 1. The fraction of sp³-hybridized carbons (Fsp3) is 0.714. The van der Waals surface area contributed by atoms with E-state index in [4.69, 9.17) is 9.72 Å². The van der Waals surface area contributed by atoms with Gasteiger partial charge < -0.3 is 20.1 Å². The van der Waals surface area contributed by atoms with Crippen molar-refractivity contribution in [1.29, 1.82) is 0 Å². The Balaban J connectivity index is 1.49. The Kier molecular flexibility index (Phi) is 5.81. The Hall–Kier alpha value is -2.42. The van der Waals surface area contributed by atoms with Crippen LogP contribution in [0.3, 0.4) is 0 Å². The predicted molar refractivity (Wildman–Crippen MR) is 113 cm³/mol. The number of hydrogen-bond donors (Lipinski definition) is 2. The van der Waals surface area contributed by atoms with Crippen LogP contribution in [0.25, 0.3) is 11.0 Å². The molecule has 4 rings (SSSR count). The van der Waals surface area contributed by atoms with E-state index in [0.29, 0.717) is 19.0 Å². The minimum atomic E-state index is -0.509. The third kappa shape index (κ3) is 4.83. The Morgan fingerprint density at radius 2 is 1.97 bits per heavy atom. The molecule has 1 aliphatic carbocycles. The van der Waals surface area contributed by atoms with Gasteiger partial charge >= 0.3 is 6.09 Å².